The van der Waals surface area contributed by atoms with Gasteiger partial charge >= 0.3 is 5.97 Å². The van der Waals surface area contributed by atoms with Gasteiger partial charge in [-0.15, -0.1) is 0 Å². The molecule has 104 valence electrons. The van der Waals surface area contributed by atoms with Crippen LogP contribution in [0.2, 0.25) is 0 Å². The van der Waals surface area contributed by atoms with Crippen LogP contribution in [-0.2, 0) is 9.53 Å². The van der Waals surface area contributed by atoms with Crippen molar-refractivity contribution >= 4 is 17.5 Å². The van der Waals surface area contributed by atoms with Crippen LogP contribution in [0.15, 0.2) is 12.3 Å². The lowest BCUT2D eigenvalue weighted by Crippen LogP contribution is -2.12. The molecule has 8 heteroatoms. The average molecular weight is 269 g/mol. The van der Waals surface area contributed by atoms with Crippen LogP contribution in [0.3, 0.4) is 0 Å². The molecule has 0 saturated heterocycles. The smallest absolute Gasteiger partial charge is 0.305 e. The Morgan fingerprint density at radius 1 is 1.58 bits per heavy atom. The quantitative estimate of drug-likeness (QED) is 0.414. The largest absolute Gasteiger partial charge is 0.481 e. The summed E-state index contributed by atoms with van der Waals surface area (Å²) in [6.07, 6.45) is 1.16. The van der Waals surface area contributed by atoms with E-state index in [9.17, 15) is 14.9 Å². The maximum Gasteiger partial charge on any atom is 0.305 e. The molecule has 1 heterocycles. The molecule has 8 nitrogen and oxygen atoms in total. The molecular weight excluding hydrogens is 254 g/mol. The van der Waals surface area contributed by atoms with Gasteiger partial charge in [0.1, 0.15) is 12.0 Å². The number of hydrogen-bond donors (Lipinski definition) is 2. The van der Waals surface area contributed by atoms with E-state index in [4.69, 9.17) is 9.84 Å². The van der Waals surface area contributed by atoms with Crippen LogP contribution in [0, 0.1) is 17.0 Å². The Labute approximate surface area is 109 Å². The number of aryl methyl sites for hydroxylation is 1. The number of carboxylic acid groups (broad SMARTS) is 1. The van der Waals surface area contributed by atoms with E-state index >= 15 is 0 Å². The summed E-state index contributed by atoms with van der Waals surface area (Å²) in [5, 5.41) is 21.9. The number of aliphatic carboxylic acids is 1. The summed E-state index contributed by atoms with van der Waals surface area (Å²) in [7, 11) is 0. The number of ether oxygens (including phenoxy) is 1. The molecule has 1 aromatic rings. The van der Waals surface area contributed by atoms with Crippen LogP contribution in [0.25, 0.3) is 0 Å². The van der Waals surface area contributed by atoms with Gasteiger partial charge in [0, 0.05) is 12.1 Å². The summed E-state index contributed by atoms with van der Waals surface area (Å²) in [5.41, 5.74) is 0.498. The second kappa shape index (κ2) is 7.27. The van der Waals surface area contributed by atoms with Crippen molar-refractivity contribution in [1.29, 1.82) is 0 Å². The van der Waals surface area contributed by atoms with Crippen molar-refractivity contribution in [3.63, 3.8) is 0 Å². The minimum atomic E-state index is -0.902. The number of aromatic nitrogens is 1. The maximum atomic E-state index is 10.6. The predicted octanol–water partition coefficient (Wildman–Crippen LogP) is 1.20. The lowest BCUT2D eigenvalue weighted by atomic mass is 10.2. The van der Waals surface area contributed by atoms with Gasteiger partial charge in [-0.05, 0) is 13.0 Å². The minimum Gasteiger partial charge on any atom is -0.481 e. The first-order valence-electron chi connectivity index (χ1n) is 5.65. The van der Waals surface area contributed by atoms with Crippen LogP contribution in [0.4, 0.5) is 11.5 Å². The Kier molecular flexibility index (Phi) is 5.68. The number of nitro groups is 1. The monoisotopic (exact) mass is 269 g/mol. The number of nitrogens with one attached hydrogen (secondary N) is 1. The SMILES string of the molecule is Cc1cc(NCCOCCC(=O)O)ncc1[N+](=O)[O-]. The Morgan fingerprint density at radius 3 is 2.89 bits per heavy atom. The van der Waals surface area contributed by atoms with Gasteiger partial charge in [-0.1, -0.05) is 0 Å². The van der Waals surface area contributed by atoms with Crippen molar-refractivity contribution in [2.75, 3.05) is 25.1 Å². The molecule has 0 aliphatic carbocycles. The van der Waals surface area contributed by atoms with Crippen molar-refractivity contribution in [3.8, 4) is 0 Å². The van der Waals surface area contributed by atoms with Crippen molar-refractivity contribution < 1.29 is 19.6 Å². The number of pyridine rings is 1. The van der Waals surface area contributed by atoms with E-state index in [2.05, 4.69) is 10.3 Å². The fourth-order valence-electron chi connectivity index (χ4n) is 1.35. The van der Waals surface area contributed by atoms with Gasteiger partial charge in [0.15, 0.2) is 0 Å². The number of hydrogen-bond acceptors (Lipinski definition) is 6. The summed E-state index contributed by atoms with van der Waals surface area (Å²) in [5.74, 6) is -0.384. The van der Waals surface area contributed by atoms with Gasteiger partial charge in [-0.3, -0.25) is 14.9 Å². The van der Waals surface area contributed by atoms with Gasteiger partial charge in [0.05, 0.1) is 24.6 Å². The lowest BCUT2D eigenvalue weighted by molar-refractivity contribution is -0.385. The Hall–Kier alpha value is -2.22. The molecule has 0 aliphatic rings. The van der Waals surface area contributed by atoms with Crippen LogP contribution >= 0.6 is 0 Å². The van der Waals surface area contributed by atoms with Gasteiger partial charge in [0.2, 0.25) is 0 Å². The molecule has 2 N–H and O–H groups in total. The standard InChI is InChI=1S/C11H15N3O5/c1-8-6-10(13-7-9(8)14(17)18)12-3-5-19-4-2-11(15)16/h6-7H,2-5H2,1H3,(H,12,13)(H,15,16). The third kappa shape index (κ3) is 5.30. The van der Waals surface area contributed by atoms with Gasteiger partial charge < -0.3 is 15.2 Å². The first-order chi connectivity index (χ1) is 9.00. The summed E-state index contributed by atoms with van der Waals surface area (Å²) in [4.78, 5) is 24.2. The van der Waals surface area contributed by atoms with Crippen LogP contribution in [-0.4, -0.2) is 40.7 Å². The Morgan fingerprint density at radius 2 is 2.32 bits per heavy atom. The van der Waals surface area contributed by atoms with Crippen molar-refractivity contribution in [2.24, 2.45) is 0 Å². The summed E-state index contributed by atoms with van der Waals surface area (Å²) >= 11 is 0. The van der Waals surface area contributed by atoms with Gasteiger partial charge in [-0.25, -0.2) is 4.98 Å². The highest BCUT2D eigenvalue weighted by Crippen LogP contribution is 2.18. The van der Waals surface area contributed by atoms with E-state index in [1.54, 1.807) is 13.0 Å². The molecule has 0 unspecified atom stereocenters. The summed E-state index contributed by atoms with van der Waals surface area (Å²) < 4.78 is 5.08. The fourth-order valence-corrected chi connectivity index (χ4v) is 1.35. The van der Waals surface area contributed by atoms with E-state index in [0.29, 0.717) is 24.5 Å². The highest BCUT2D eigenvalue weighted by atomic mass is 16.6. The molecule has 0 amide bonds. The number of carboxylic acids is 1. The molecule has 0 radical (unpaired) electrons. The molecule has 0 aromatic carbocycles. The van der Waals surface area contributed by atoms with E-state index in [1.165, 1.54) is 6.20 Å². The first kappa shape index (κ1) is 14.8. The first-order valence-corrected chi connectivity index (χ1v) is 5.65. The van der Waals surface area contributed by atoms with Crippen molar-refractivity contribution in [2.45, 2.75) is 13.3 Å². The second-order valence-electron chi connectivity index (χ2n) is 3.80. The molecule has 0 saturated carbocycles. The molecule has 0 atom stereocenters. The molecule has 1 aromatic heterocycles. The molecule has 1 rings (SSSR count). The van der Waals surface area contributed by atoms with Crippen LogP contribution in [0.5, 0.6) is 0 Å². The van der Waals surface area contributed by atoms with Crippen LogP contribution < -0.4 is 5.32 Å². The number of carbonyl (C=O) groups is 1. The van der Waals surface area contributed by atoms with Crippen molar-refractivity contribution in [1.82, 2.24) is 4.98 Å². The summed E-state index contributed by atoms with van der Waals surface area (Å²) in [6, 6.07) is 1.58. The molecule has 0 spiro atoms. The van der Waals surface area contributed by atoms with E-state index in [1.807, 2.05) is 0 Å². The number of anilines is 1. The van der Waals surface area contributed by atoms with E-state index in [0.717, 1.165) is 0 Å². The topological polar surface area (TPSA) is 115 Å². The molecular formula is C11H15N3O5. The number of rotatable bonds is 8. The fraction of sp³-hybridized carbons (Fsp3) is 0.455. The van der Waals surface area contributed by atoms with E-state index in [-0.39, 0.29) is 18.7 Å². The zero-order valence-electron chi connectivity index (χ0n) is 10.5. The maximum absolute atomic E-state index is 10.6. The van der Waals surface area contributed by atoms with Gasteiger partial charge in [-0.2, -0.15) is 0 Å². The van der Waals surface area contributed by atoms with Gasteiger partial charge in [0.25, 0.3) is 5.69 Å². The third-order valence-electron chi connectivity index (χ3n) is 2.29. The Bertz CT molecular complexity index is 464. The Balaban J connectivity index is 2.32. The normalized spacial score (nSPS) is 10.2. The highest BCUT2D eigenvalue weighted by molar-refractivity contribution is 5.66. The average Bonchev–Trinajstić information content (AvgIpc) is 2.32. The van der Waals surface area contributed by atoms with E-state index < -0.39 is 10.9 Å². The lowest BCUT2D eigenvalue weighted by Gasteiger charge is -2.06. The third-order valence-corrected chi connectivity index (χ3v) is 2.29. The van der Waals surface area contributed by atoms with Crippen molar-refractivity contribution in [3.05, 3.63) is 27.9 Å². The predicted molar refractivity (Wildman–Crippen MR) is 67.2 cm³/mol. The molecule has 19 heavy (non-hydrogen) atoms. The highest BCUT2D eigenvalue weighted by Gasteiger charge is 2.10. The molecule has 0 bridgehead atoms. The zero-order chi connectivity index (χ0) is 14.3. The zero-order valence-corrected chi connectivity index (χ0v) is 10.5. The summed E-state index contributed by atoms with van der Waals surface area (Å²) in [6.45, 7) is 2.58. The number of nitrogens with zero attached hydrogens (tertiary/aromatic N) is 2. The second-order valence-corrected chi connectivity index (χ2v) is 3.80. The molecule has 0 fully saturated rings. The van der Waals surface area contributed by atoms with Crippen LogP contribution in [0.1, 0.15) is 12.0 Å². The minimum absolute atomic E-state index is 0.0248. The molecule has 0 aliphatic heterocycles.